The maximum Gasteiger partial charge on any atom is 0.303 e. The first kappa shape index (κ1) is 20.6. The number of carbonyl (C=O) groups excluding carboxylic acids is 1. The first-order valence-electron chi connectivity index (χ1n) is 9.45. The molecule has 0 saturated carbocycles. The van der Waals surface area contributed by atoms with Crippen LogP contribution in [0.1, 0.15) is 50.5 Å². The van der Waals surface area contributed by atoms with Crippen LogP contribution in [0.5, 0.6) is 0 Å². The van der Waals surface area contributed by atoms with Crippen LogP contribution in [0.2, 0.25) is 0 Å². The minimum absolute atomic E-state index is 0.0532. The molecule has 0 bridgehead atoms. The van der Waals surface area contributed by atoms with Crippen LogP contribution >= 0.6 is 0 Å². The molecule has 1 aliphatic rings. The van der Waals surface area contributed by atoms with E-state index < -0.39 is 5.97 Å². The van der Waals surface area contributed by atoms with Crippen molar-refractivity contribution in [3.8, 4) is 11.8 Å². The van der Waals surface area contributed by atoms with Crippen molar-refractivity contribution in [2.75, 3.05) is 6.54 Å². The highest BCUT2D eigenvalue weighted by atomic mass is 16.4. The molecule has 1 fully saturated rings. The summed E-state index contributed by atoms with van der Waals surface area (Å²) in [5.41, 5.74) is 1.05. The molecule has 1 aromatic carbocycles. The third-order valence-corrected chi connectivity index (χ3v) is 4.61. The summed E-state index contributed by atoms with van der Waals surface area (Å²) < 4.78 is 0. The first-order valence-corrected chi connectivity index (χ1v) is 9.45. The second kappa shape index (κ2) is 11.1. The Hall–Kier alpha value is -2.74. The van der Waals surface area contributed by atoms with E-state index in [-0.39, 0.29) is 18.4 Å². The fourth-order valence-corrected chi connectivity index (χ4v) is 3.16. The van der Waals surface area contributed by atoms with Gasteiger partial charge in [-0.15, -0.1) is 5.92 Å². The van der Waals surface area contributed by atoms with Gasteiger partial charge in [-0.05, 0) is 37.3 Å². The van der Waals surface area contributed by atoms with Gasteiger partial charge < -0.3 is 15.1 Å². The van der Waals surface area contributed by atoms with E-state index in [9.17, 15) is 14.7 Å². The summed E-state index contributed by atoms with van der Waals surface area (Å²) in [4.78, 5) is 24.5. The summed E-state index contributed by atoms with van der Waals surface area (Å²) in [7, 11) is 0. The van der Waals surface area contributed by atoms with E-state index in [4.69, 9.17) is 5.11 Å². The maximum atomic E-state index is 12.2. The molecule has 5 nitrogen and oxygen atoms in total. The zero-order valence-electron chi connectivity index (χ0n) is 15.6. The molecule has 1 heterocycles. The maximum absolute atomic E-state index is 12.2. The average molecular weight is 369 g/mol. The van der Waals surface area contributed by atoms with Crippen LogP contribution in [0, 0.1) is 11.8 Å². The number of hydrogen-bond donors (Lipinski definition) is 2. The molecule has 1 aliphatic heterocycles. The van der Waals surface area contributed by atoms with Crippen molar-refractivity contribution in [1.29, 1.82) is 0 Å². The van der Waals surface area contributed by atoms with Crippen molar-refractivity contribution in [1.82, 2.24) is 4.90 Å². The number of allylic oxidation sites excluding steroid dienone is 1. The fourth-order valence-electron chi connectivity index (χ4n) is 3.16. The molecule has 1 amide bonds. The molecule has 0 aromatic heterocycles. The molecule has 1 atom stereocenters. The zero-order valence-corrected chi connectivity index (χ0v) is 15.6. The lowest BCUT2D eigenvalue weighted by Gasteiger charge is -2.33. The average Bonchev–Trinajstić information content (AvgIpc) is 2.65. The lowest BCUT2D eigenvalue weighted by atomic mass is 9.98. The summed E-state index contributed by atoms with van der Waals surface area (Å²) >= 11 is 0. The molecule has 2 N–H and O–H groups in total. The summed E-state index contributed by atoms with van der Waals surface area (Å²) in [6.45, 7) is 0.365. The van der Waals surface area contributed by atoms with Gasteiger partial charge in [0.15, 0.2) is 0 Å². The second-order valence-corrected chi connectivity index (χ2v) is 6.76. The summed E-state index contributed by atoms with van der Waals surface area (Å²) in [6, 6.07) is 9.83. The highest BCUT2D eigenvalue weighted by Gasteiger charge is 2.26. The number of aliphatic carboxylic acids is 1. The van der Waals surface area contributed by atoms with Crippen molar-refractivity contribution in [2.45, 2.75) is 57.4 Å². The molecule has 1 saturated heterocycles. The van der Waals surface area contributed by atoms with Gasteiger partial charge in [0, 0.05) is 31.7 Å². The van der Waals surface area contributed by atoms with Gasteiger partial charge >= 0.3 is 5.97 Å². The SMILES string of the molecule is O=C(O)CCCC#CCN1C(=O)CCC[C@@H]1C/C=C(\O)Cc1ccccc1. The third kappa shape index (κ3) is 7.57. The molecule has 2 rings (SSSR count). The molecule has 5 heteroatoms. The number of likely N-dealkylation sites (tertiary alicyclic amines) is 1. The standard InChI is InChI=1S/C22H27NO4/c24-20(17-18-9-4-3-5-10-18)15-14-19-11-8-12-21(25)23(19)16-7-2-1-6-13-22(26)27/h3-5,9-10,15,19,24H,1,6,8,11-14,16-17H2,(H,26,27)/b20-15-/t19-/m1/s1. The number of piperidine rings is 1. The van der Waals surface area contributed by atoms with Gasteiger partial charge in [-0.1, -0.05) is 36.3 Å². The zero-order chi connectivity index (χ0) is 19.5. The van der Waals surface area contributed by atoms with Crippen LogP contribution in [0.25, 0.3) is 0 Å². The molecule has 0 unspecified atom stereocenters. The van der Waals surface area contributed by atoms with Crippen molar-refractivity contribution in [2.24, 2.45) is 0 Å². The fraction of sp³-hybridized carbons (Fsp3) is 0.455. The Balaban J connectivity index is 1.87. The van der Waals surface area contributed by atoms with Gasteiger partial charge in [0.25, 0.3) is 0 Å². The van der Waals surface area contributed by atoms with Gasteiger partial charge in [0.1, 0.15) is 0 Å². The Kier molecular flexibility index (Phi) is 8.44. The summed E-state index contributed by atoms with van der Waals surface area (Å²) in [5.74, 6) is 5.55. The van der Waals surface area contributed by atoms with E-state index in [1.165, 1.54) is 0 Å². The Morgan fingerprint density at radius 2 is 2.00 bits per heavy atom. The summed E-state index contributed by atoms with van der Waals surface area (Å²) in [6.07, 6.45) is 6.38. The molecule has 0 spiro atoms. The molecule has 27 heavy (non-hydrogen) atoms. The number of carboxylic acid groups (broad SMARTS) is 1. The Labute approximate surface area is 160 Å². The van der Waals surface area contributed by atoms with Crippen molar-refractivity contribution in [3.63, 3.8) is 0 Å². The largest absolute Gasteiger partial charge is 0.512 e. The van der Waals surface area contributed by atoms with Gasteiger partial charge in [0.05, 0.1) is 12.3 Å². The molecule has 0 radical (unpaired) electrons. The van der Waals surface area contributed by atoms with Crippen LogP contribution in [-0.2, 0) is 16.0 Å². The van der Waals surface area contributed by atoms with Crippen molar-refractivity contribution in [3.05, 3.63) is 47.7 Å². The van der Waals surface area contributed by atoms with Crippen LogP contribution in [0.15, 0.2) is 42.2 Å². The normalized spacial score (nSPS) is 17.3. The number of unbranched alkanes of at least 4 members (excludes halogenated alkanes) is 1. The molecule has 1 aromatic rings. The van der Waals surface area contributed by atoms with E-state index in [0.717, 1.165) is 18.4 Å². The van der Waals surface area contributed by atoms with E-state index in [1.807, 2.05) is 36.4 Å². The predicted molar refractivity (Wildman–Crippen MR) is 104 cm³/mol. The smallest absolute Gasteiger partial charge is 0.303 e. The number of aliphatic hydroxyl groups excluding tert-OH is 1. The van der Waals surface area contributed by atoms with Crippen LogP contribution < -0.4 is 0 Å². The number of carboxylic acids is 1. The number of rotatable bonds is 8. The number of nitrogens with zero attached hydrogens (tertiary/aromatic N) is 1. The highest BCUT2D eigenvalue weighted by molar-refractivity contribution is 5.77. The van der Waals surface area contributed by atoms with E-state index in [0.29, 0.717) is 44.4 Å². The molecule has 0 aliphatic carbocycles. The van der Waals surface area contributed by atoms with Crippen LogP contribution in [-0.4, -0.2) is 39.6 Å². The minimum atomic E-state index is -0.815. The number of benzene rings is 1. The molecule has 144 valence electrons. The van der Waals surface area contributed by atoms with Crippen molar-refractivity contribution >= 4 is 11.9 Å². The monoisotopic (exact) mass is 369 g/mol. The predicted octanol–water partition coefficient (Wildman–Crippen LogP) is 3.70. The Morgan fingerprint density at radius 3 is 2.74 bits per heavy atom. The summed E-state index contributed by atoms with van der Waals surface area (Å²) in [5, 5.41) is 18.8. The van der Waals surface area contributed by atoms with Crippen LogP contribution in [0.4, 0.5) is 0 Å². The quantitative estimate of drug-likeness (QED) is 0.416. The van der Waals surface area contributed by atoms with Gasteiger partial charge in [-0.3, -0.25) is 9.59 Å². The first-order chi connectivity index (χ1) is 13.1. The minimum Gasteiger partial charge on any atom is -0.512 e. The Bertz CT molecular complexity index is 715. The second-order valence-electron chi connectivity index (χ2n) is 6.76. The highest BCUT2D eigenvalue weighted by Crippen LogP contribution is 2.21. The lowest BCUT2D eigenvalue weighted by molar-refractivity contribution is -0.137. The third-order valence-electron chi connectivity index (χ3n) is 4.61. The topological polar surface area (TPSA) is 77.8 Å². The van der Waals surface area contributed by atoms with Gasteiger partial charge in [-0.2, -0.15) is 0 Å². The van der Waals surface area contributed by atoms with Gasteiger partial charge in [0.2, 0.25) is 5.91 Å². The van der Waals surface area contributed by atoms with Crippen LogP contribution in [0.3, 0.4) is 0 Å². The number of aliphatic hydroxyl groups is 1. The number of amides is 1. The molecular weight excluding hydrogens is 342 g/mol. The van der Waals surface area contributed by atoms with Gasteiger partial charge in [-0.25, -0.2) is 0 Å². The van der Waals surface area contributed by atoms with E-state index in [1.54, 1.807) is 4.90 Å². The lowest BCUT2D eigenvalue weighted by Crippen LogP contribution is -2.43. The van der Waals surface area contributed by atoms with Crippen molar-refractivity contribution < 1.29 is 19.8 Å². The number of carbonyl (C=O) groups is 2. The van der Waals surface area contributed by atoms with E-state index >= 15 is 0 Å². The molecular formula is C22H27NO4. The Morgan fingerprint density at radius 1 is 1.22 bits per heavy atom. The van der Waals surface area contributed by atoms with E-state index in [2.05, 4.69) is 11.8 Å². The number of hydrogen-bond acceptors (Lipinski definition) is 3.